The molecule has 0 aliphatic heterocycles. The Labute approximate surface area is 113 Å². The number of aromatic nitrogens is 2. The molecule has 0 saturated heterocycles. The van der Waals surface area contributed by atoms with Crippen molar-refractivity contribution in [1.29, 1.82) is 5.26 Å². The van der Waals surface area contributed by atoms with Crippen LogP contribution in [-0.2, 0) is 0 Å². The van der Waals surface area contributed by atoms with Crippen molar-refractivity contribution in [2.24, 2.45) is 0 Å². The van der Waals surface area contributed by atoms with E-state index in [1.54, 1.807) is 24.3 Å². The fourth-order valence-corrected chi connectivity index (χ4v) is 2.41. The third-order valence-corrected chi connectivity index (χ3v) is 3.46. The van der Waals surface area contributed by atoms with E-state index in [0.717, 1.165) is 5.69 Å². The summed E-state index contributed by atoms with van der Waals surface area (Å²) in [6.45, 7) is 4.03. The van der Waals surface area contributed by atoms with Crippen LogP contribution in [0.25, 0.3) is 5.69 Å². The smallest absolute Gasteiger partial charge is 0.285 e. The number of nitrogens with zero attached hydrogens (tertiary/aromatic N) is 2. The van der Waals surface area contributed by atoms with Crippen LogP contribution < -0.4 is 5.56 Å². The summed E-state index contributed by atoms with van der Waals surface area (Å²) in [6.07, 6.45) is 0. The second-order valence-corrected chi connectivity index (χ2v) is 5.09. The highest BCUT2D eigenvalue weighted by Crippen LogP contribution is 2.20. The summed E-state index contributed by atoms with van der Waals surface area (Å²) in [6, 6.07) is 8.91. The summed E-state index contributed by atoms with van der Waals surface area (Å²) >= 11 is 3.31. The standard InChI is InChI=1S/C13H12BrN3O/c1-8(2)12-11(14)13(18)17(16-12)10-5-3-9(7-15)4-6-10/h3-6,8,16H,1-2H3. The molecular formula is C13H12BrN3O. The third-order valence-electron chi connectivity index (χ3n) is 2.69. The summed E-state index contributed by atoms with van der Waals surface area (Å²) in [5, 5.41) is 11.8. The number of nitrogens with one attached hydrogen (secondary N) is 1. The average molecular weight is 306 g/mol. The molecule has 0 aliphatic rings. The van der Waals surface area contributed by atoms with Gasteiger partial charge in [-0.3, -0.25) is 9.89 Å². The molecule has 0 saturated carbocycles. The van der Waals surface area contributed by atoms with Crippen LogP contribution in [0.3, 0.4) is 0 Å². The first-order valence-corrected chi connectivity index (χ1v) is 6.35. The number of nitriles is 1. The summed E-state index contributed by atoms with van der Waals surface area (Å²) in [5.74, 6) is 0.228. The Kier molecular flexibility index (Phi) is 3.39. The minimum Gasteiger partial charge on any atom is -0.294 e. The van der Waals surface area contributed by atoms with Gasteiger partial charge < -0.3 is 0 Å². The zero-order valence-corrected chi connectivity index (χ0v) is 11.7. The molecule has 0 amide bonds. The predicted octanol–water partition coefficient (Wildman–Crippen LogP) is 2.92. The Hall–Kier alpha value is -1.80. The van der Waals surface area contributed by atoms with Gasteiger partial charge in [-0.25, -0.2) is 4.68 Å². The van der Waals surface area contributed by atoms with Gasteiger partial charge in [-0.1, -0.05) is 13.8 Å². The van der Waals surface area contributed by atoms with E-state index >= 15 is 0 Å². The summed E-state index contributed by atoms with van der Waals surface area (Å²) in [5.41, 5.74) is 2.03. The Balaban J connectivity index is 2.54. The number of rotatable bonds is 2. The van der Waals surface area contributed by atoms with Crippen LogP contribution in [0, 0.1) is 11.3 Å². The van der Waals surface area contributed by atoms with Gasteiger partial charge >= 0.3 is 0 Å². The van der Waals surface area contributed by atoms with Gasteiger partial charge in [0.2, 0.25) is 0 Å². The second-order valence-electron chi connectivity index (χ2n) is 4.29. The van der Waals surface area contributed by atoms with E-state index in [-0.39, 0.29) is 11.5 Å². The van der Waals surface area contributed by atoms with Crippen molar-refractivity contribution in [3.63, 3.8) is 0 Å². The maximum absolute atomic E-state index is 12.1. The maximum Gasteiger partial charge on any atom is 0.285 e. The summed E-state index contributed by atoms with van der Waals surface area (Å²) in [7, 11) is 0. The molecule has 18 heavy (non-hydrogen) atoms. The molecule has 4 nitrogen and oxygen atoms in total. The molecule has 0 spiro atoms. The first kappa shape index (κ1) is 12.7. The molecule has 0 radical (unpaired) electrons. The minimum atomic E-state index is -0.122. The average Bonchev–Trinajstić information content (AvgIpc) is 2.67. The topological polar surface area (TPSA) is 61.6 Å². The quantitative estimate of drug-likeness (QED) is 0.927. The number of hydrogen-bond acceptors (Lipinski definition) is 2. The third kappa shape index (κ3) is 2.12. The van der Waals surface area contributed by atoms with Crippen molar-refractivity contribution in [2.75, 3.05) is 0 Å². The van der Waals surface area contributed by atoms with E-state index in [0.29, 0.717) is 15.7 Å². The zero-order chi connectivity index (χ0) is 13.3. The van der Waals surface area contributed by atoms with E-state index in [9.17, 15) is 4.79 Å². The fourth-order valence-electron chi connectivity index (χ4n) is 1.68. The van der Waals surface area contributed by atoms with Crippen molar-refractivity contribution in [1.82, 2.24) is 9.78 Å². The molecule has 0 atom stereocenters. The number of aromatic amines is 1. The molecule has 0 fully saturated rings. The molecule has 1 N–H and O–H groups in total. The van der Waals surface area contributed by atoms with Gasteiger partial charge in [-0.2, -0.15) is 5.26 Å². The summed E-state index contributed by atoms with van der Waals surface area (Å²) < 4.78 is 2.03. The van der Waals surface area contributed by atoms with Crippen LogP contribution in [0.4, 0.5) is 0 Å². The van der Waals surface area contributed by atoms with Crippen molar-refractivity contribution in [2.45, 2.75) is 19.8 Å². The lowest BCUT2D eigenvalue weighted by Gasteiger charge is -2.03. The van der Waals surface area contributed by atoms with Crippen LogP contribution in [0.2, 0.25) is 0 Å². The van der Waals surface area contributed by atoms with E-state index < -0.39 is 0 Å². The van der Waals surface area contributed by atoms with Gasteiger partial charge in [-0.05, 0) is 46.1 Å². The molecule has 1 heterocycles. The molecular weight excluding hydrogens is 294 g/mol. The number of hydrogen-bond donors (Lipinski definition) is 1. The van der Waals surface area contributed by atoms with Gasteiger partial charge in [0.1, 0.15) is 4.47 Å². The van der Waals surface area contributed by atoms with Crippen LogP contribution in [0.1, 0.15) is 31.0 Å². The highest BCUT2D eigenvalue weighted by Gasteiger charge is 2.14. The lowest BCUT2D eigenvalue weighted by Crippen LogP contribution is -2.14. The van der Waals surface area contributed by atoms with Crippen LogP contribution >= 0.6 is 15.9 Å². The monoisotopic (exact) mass is 305 g/mol. The van der Waals surface area contributed by atoms with Gasteiger partial charge in [0, 0.05) is 0 Å². The maximum atomic E-state index is 12.1. The van der Waals surface area contributed by atoms with Gasteiger partial charge in [0.15, 0.2) is 0 Å². The lowest BCUT2D eigenvalue weighted by molar-refractivity contribution is 0.759. The van der Waals surface area contributed by atoms with Crippen LogP contribution in [0.5, 0.6) is 0 Å². The number of H-pyrrole nitrogens is 1. The molecule has 0 bridgehead atoms. The Morgan fingerprint density at radius 3 is 2.39 bits per heavy atom. The number of halogens is 1. The van der Waals surface area contributed by atoms with E-state index in [2.05, 4.69) is 21.0 Å². The van der Waals surface area contributed by atoms with E-state index in [1.807, 2.05) is 19.9 Å². The largest absolute Gasteiger partial charge is 0.294 e. The normalized spacial score (nSPS) is 10.6. The van der Waals surface area contributed by atoms with Crippen molar-refractivity contribution < 1.29 is 0 Å². The highest BCUT2D eigenvalue weighted by atomic mass is 79.9. The van der Waals surface area contributed by atoms with Crippen LogP contribution in [-0.4, -0.2) is 9.78 Å². The molecule has 1 aromatic heterocycles. The van der Waals surface area contributed by atoms with E-state index in [4.69, 9.17) is 5.26 Å². The Bertz CT molecular complexity index is 659. The molecule has 0 unspecified atom stereocenters. The van der Waals surface area contributed by atoms with Gasteiger partial charge in [0.05, 0.1) is 23.0 Å². The molecule has 2 rings (SSSR count). The first-order chi connectivity index (χ1) is 8.54. The van der Waals surface area contributed by atoms with Crippen molar-refractivity contribution in [3.8, 4) is 11.8 Å². The highest BCUT2D eigenvalue weighted by molar-refractivity contribution is 9.10. The second kappa shape index (κ2) is 4.83. The molecule has 5 heteroatoms. The molecule has 92 valence electrons. The van der Waals surface area contributed by atoms with Gasteiger partial charge in [0.25, 0.3) is 5.56 Å². The summed E-state index contributed by atoms with van der Waals surface area (Å²) in [4.78, 5) is 12.1. The Morgan fingerprint density at radius 2 is 1.94 bits per heavy atom. The van der Waals surface area contributed by atoms with E-state index in [1.165, 1.54) is 4.68 Å². The lowest BCUT2D eigenvalue weighted by atomic mass is 10.1. The van der Waals surface area contributed by atoms with Crippen LogP contribution in [0.15, 0.2) is 33.5 Å². The Morgan fingerprint density at radius 1 is 1.33 bits per heavy atom. The fraction of sp³-hybridized carbons (Fsp3) is 0.231. The number of benzene rings is 1. The predicted molar refractivity (Wildman–Crippen MR) is 72.9 cm³/mol. The molecule has 0 aliphatic carbocycles. The SMILES string of the molecule is CC(C)c1[nH]n(-c2ccc(C#N)cc2)c(=O)c1Br. The van der Waals surface area contributed by atoms with Gasteiger partial charge in [-0.15, -0.1) is 0 Å². The minimum absolute atomic E-state index is 0.122. The van der Waals surface area contributed by atoms with Crippen molar-refractivity contribution in [3.05, 3.63) is 50.3 Å². The van der Waals surface area contributed by atoms with Crippen molar-refractivity contribution >= 4 is 15.9 Å². The molecule has 2 aromatic rings. The first-order valence-electron chi connectivity index (χ1n) is 5.55. The molecule has 1 aromatic carbocycles. The zero-order valence-electron chi connectivity index (χ0n) is 10.1.